The molecule has 0 aliphatic carbocycles. The lowest BCUT2D eigenvalue weighted by molar-refractivity contribution is 0.639. The Bertz CT molecular complexity index is 406. The van der Waals surface area contributed by atoms with Crippen molar-refractivity contribution in [1.29, 1.82) is 0 Å². The molecule has 1 aromatic heterocycles. The maximum absolute atomic E-state index is 4.25. The van der Waals surface area contributed by atoms with Gasteiger partial charge in [-0.05, 0) is 5.56 Å². The molecule has 2 rings (SSSR count). The van der Waals surface area contributed by atoms with Crippen LogP contribution in [0.25, 0.3) is 0 Å². The van der Waals surface area contributed by atoms with Gasteiger partial charge < -0.3 is 9.88 Å². The fraction of sp³-hybridized carbons (Fsp3) is 0.250. The molecular formula is C12H15N3. The molecule has 3 heteroatoms. The normalized spacial score (nSPS) is 10.5. The molecule has 0 saturated heterocycles. The van der Waals surface area contributed by atoms with Gasteiger partial charge >= 0.3 is 0 Å². The summed E-state index contributed by atoms with van der Waals surface area (Å²) >= 11 is 0. The Hall–Kier alpha value is -1.61. The van der Waals surface area contributed by atoms with Crippen LogP contribution >= 0.6 is 0 Å². The number of nitrogens with zero attached hydrogens (tertiary/aromatic N) is 2. The smallest absolute Gasteiger partial charge is 0.122 e. The molecule has 2 aromatic rings. The molecule has 15 heavy (non-hydrogen) atoms. The summed E-state index contributed by atoms with van der Waals surface area (Å²) in [6.07, 6.45) is 3.78. The molecule has 78 valence electrons. The molecular weight excluding hydrogens is 186 g/mol. The minimum absolute atomic E-state index is 0.804. The van der Waals surface area contributed by atoms with Gasteiger partial charge in [0, 0.05) is 26.0 Å². The highest BCUT2D eigenvalue weighted by atomic mass is 15.1. The fourth-order valence-electron chi connectivity index (χ4n) is 1.48. The molecule has 0 spiro atoms. The zero-order valence-corrected chi connectivity index (χ0v) is 8.85. The summed E-state index contributed by atoms with van der Waals surface area (Å²) in [4.78, 5) is 4.25. The molecule has 0 bridgehead atoms. The maximum Gasteiger partial charge on any atom is 0.122 e. The summed E-state index contributed by atoms with van der Waals surface area (Å²) < 4.78 is 2.03. The molecule has 0 saturated carbocycles. The van der Waals surface area contributed by atoms with Gasteiger partial charge in [-0.2, -0.15) is 0 Å². The van der Waals surface area contributed by atoms with Gasteiger partial charge in [0.2, 0.25) is 0 Å². The number of benzene rings is 1. The molecule has 0 aliphatic rings. The van der Waals surface area contributed by atoms with E-state index in [0.29, 0.717) is 0 Å². The number of aromatic nitrogens is 2. The Labute approximate surface area is 89.8 Å². The van der Waals surface area contributed by atoms with Gasteiger partial charge in [0.15, 0.2) is 0 Å². The topological polar surface area (TPSA) is 29.9 Å². The number of aryl methyl sites for hydroxylation is 1. The minimum atomic E-state index is 0.804. The number of imidazole rings is 1. The lowest BCUT2D eigenvalue weighted by Gasteiger charge is -2.04. The second kappa shape index (κ2) is 4.75. The van der Waals surface area contributed by atoms with E-state index in [1.807, 2.05) is 30.1 Å². The maximum atomic E-state index is 4.25. The van der Waals surface area contributed by atoms with Crippen molar-refractivity contribution in [1.82, 2.24) is 14.9 Å². The Morgan fingerprint density at radius 1 is 1.20 bits per heavy atom. The predicted molar refractivity (Wildman–Crippen MR) is 60.2 cm³/mol. The van der Waals surface area contributed by atoms with Gasteiger partial charge in [0.05, 0.1) is 6.54 Å². The number of nitrogens with one attached hydrogen (secondary N) is 1. The number of hydrogen-bond donors (Lipinski definition) is 1. The first-order valence-electron chi connectivity index (χ1n) is 5.07. The largest absolute Gasteiger partial charge is 0.337 e. The van der Waals surface area contributed by atoms with Crippen molar-refractivity contribution in [2.75, 3.05) is 0 Å². The Morgan fingerprint density at radius 2 is 2.00 bits per heavy atom. The SMILES string of the molecule is Cn1ccnc1CNCc1ccccc1. The second-order valence-corrected chi connectivity index (χ2v) is 3.54. The van der Waals surface area contributed by atoms with Crippen molar-refractivity contribution in [3.8, 4) is 0 Å². The van der Waals surface area contributed by atoms with Gasteiger partial charge in [0.25, 0.3) is 0 Å². The highest BCUT2D eigenvalue weighted by molar-refractivity contribution is 5.14. The summed E-state index contributed by atoms with van der Waals surface area (Å²) in [5, 5.41) is 3.36. The van der Waals surface area contributed by atoms with Crippen LogP contribution in [0.5, 0.6) is 0 Å². The molecule has 0 atom stereocenters. The van der Waals surface area contributed by atoms with Gasteiger partial charge in [-0.1, -0.05) is 30.3 Å². The molecule has 0 amide bonds. The predicted octanol–water partition coefficient (Wildman–Crippen LogP) is 1.71. The highest BCUT2D eigenvalue weighted by Gasteiger charge is 1.97. The molecule has 0 unspecified atom stereocenters. The van der Waals surface area contributed by atoms with Crippen molar-refractivity contribution in [2.24, 2.45) is 7.05 Å². The van der Waals surface area contributed by atoms with E-state index in [2.05, 4.69) is 34.6 Å². The van der Waals surface area contributed by atoms with Crippen LogP contribution in [0.1, 0.15) is 11.4 Å². The third kappa shape index (κ3) is 2.67. The van der Waals surface area contributed by atoms with E-state index in [9.17, 15) is 0 Å². The third-order valence-electron chi connectivity index (χ3n) is 2.38. The van der Waals surface area contributed by atoms with E-state index in [4.69, 9.17) is 0 Å². The average molecular weight is 201 g/mol. The van der Waals surface area contributed by atoms with Crippen LogP contribution in [0.15, 0.2) is 42.7 Å². The Morgan fingerprint density at radius 3 is 2.67 bits per heavy atom. The zero-order chi connectivity index (χ0) is 10.5. The summed E-state index contributed by atoms with van der Waals surface area (Å²) in [7, 11) is 2.01. The molecule has 3 nitrogen and oxygen atoms in total. The summed E-state index contributed by atoms with van der Waals surface area (Å²) in [6.45, 7) is 1.69. The summed E-state index contributed by atoms with van der Waals surface area (Å²) in [6, 6.07) is 10.4. The van der Waals surface area contributed by atoms with Gasteiger partial charge in [0.1, 0.15) is 5.82 Å². The highest BCUT2D eigenvalue weighted by Crippen LogP contribution is 1.98. The van der Waals surface area contributed by atoms with Crippen molar-refractivity contribution < 1.29 is 0 Å². The first-order chi connectivity index (χ1) is 7.36. The standard InChI is InChI=1S/C12H15N3/c1-15-8-7-14-12(15)10-13-9-11-5-3-2-4-6-11/h2-8,13H,9-10H2,1H3. The van der Waals surface area contributed by atoms with Crippen LogP contribution in [0, 0.1) is 0 Å². The molecule has 0 fully saturated rings. The first-order valence-corrected chi connectivity index (χ1v) is 5.07. The van der Waals surface area contributed by atoms with E-state index in [0.717, 1.165) is 18.9 Å². The van der Waals surface area contributed by atoms with Crippen LogP contribution in [0.4, 0.5) is 0 Å². The van der Waals surface area contributed by atoms with E-state index in [-0.39, 0.29) is 0 Å². The summed E-state index contributed by atoms with van der Waals surface area (Å²) in [5.41, 5.74) is 1.30. The van der Waals surface area contributed by atoms with E-state index in [1.165, 1.54) is 5.56 Å². The second-order valence-electron chi connectivity index (χ2n) is 3.54. The summed E-state index contributed by atoms with van der Waals surface area (Å²) in [5.74, 6) is 1.06. The molecule has 0 radical (unpaired) electrons. The fourth-order valence-corrected chi connectivity index (χ4v) is 1.48. The minimum Gasteiger partial charge on any atom is -0.337 e. The number of rotatable bonds is 4. The van der Waals surface area contributed by atoms with Gasteiger partial charge in [-0.3, -0.25) is 0 Å². The zero-order valence-electron chi connectivity index (χ0n) is 8.85. The van der Waals surface area contributed by atoms with E-state index in [1.54, 1.807) is 0 Å². The van der Waals surface area contributed by atoms with E-state index >= 15 is 0 Å². The van der Waals surface area contributed by atoms with Crippen molar-refractivity contribution in [3.63, 3.8) is 0 Å². The molecule has 1 heterocycles. The van der Waals surface area contributed by atoms with Gasteiger partial charge in [-0.15, -0.1) is 0 Å². The van der Waals surface area contributed by atoms with Crippen molar-refractivity contribution in [3.05, 3.63) is 54.1 Å². The van der Waals surface area contributed by atoms with Crippen molar-refractivity contribution in [2.45, 2.75) is 13.1 Å². The number of hydrogen-bond acceptors (Lipinski definition) is 2. The van der Waals surface area contributed by atoms with Crippen LogP contribution < -0.4 is 5.32 Å². The van der Waals surface area contributed by atoms with E-state index < -0.39 is 0 Å². The van der Waals surface area contributed by atoms with Crippen molar-refractivity contribution >= 4 is 0 Å². The monoisotopic (exact) mass is 201 g/mol. The quantitative estimate of drug-likeness (QED) is 0.816. The van der Waals surface area contributed by atoms with Crippen LogP contribution in [-0.2, 0) is 20.1 Å². The average Bonchev–Trinajstić information content (AvgIpc) is 2.66. The lowest BCUT2D eigenvalue weighted by atomic mass is 10.2. The molecule has 1 N–H and O–H groups in total. The van der Waals surface area contributed by atoms with Crippen LogP contribution in [0.3, 0.4) is 0 Å². The Kier molecular flexibility index (Phi) is 3.15. The van der Waals surface area contributed by atoms with Crippen LogP contribution in [0.2, 0.25) is 0 Å². The third-order valence-corrected chi connectivity index (χ3v) is 2.38. The first kappa shape index (κ1) is 9.93. The van der Waals surface area contributed by atoms with Gasteiger partial charge in [-0.25, -0.2) is 4.98 Å². The van der Waals surface area contributed by atoms with Crippen LogP contribution in [-0.4, -0.2) is 9.55 Å². The Balaban J connectivity index is 1.83. The molecule has 1 aromatic carbocycles. The molecule has 0 aliphatic heterocycles. The lowest BCUT2D eigenvalue weighted by Crippen LogP contribution is -2.15.